The Bertz CT molecular complexity index is 1020. The zero-order chi connectivity index (χ0) is 34.4. The van der Waals surface area contributed by atoms with Gasteiger partial charge in [-0.15, -0.1) is 0 Å². The molecule has 0 fully saturated rings. The van der Waals surface area contributed by atoms with Crippen LogP contribution in [0.4, 0.5) is 0 Å². The number of carbonyl (C=O) groups is 2. The summed E-state index contributed by atoms with van der Waals surface area (Å²) >= 11 is 0. The third kappa shape index (κ3) is 31.4. The van der Waals surface area contributed by atoms with Gasteiger partial charge in [-0.3, -0.25) is 18.6 Å². The molecular weight excluding hydrogens is 605 g/mol. The number of hydrogen-bond acceptors (Lipinski definition) is 7. The van der Waals surface area contributed by atoms with Crippen LogP contribution >= 0.6 is 7.82 Å². The van der Waals surface area contributed by atoms with Gasteiger partial charge in [-0.25, -0.2) is 4.57 Å². The Hall–Kier alpha value is -2.55. The summed E-state index contributed by atoms with van der Waals surface area (Å²) in [6, 6.07) is 0. The van der Waals surface area contributed by atoms with E-state index in [1.807, 2.05) is 40.2 Å². The van der Waals surface area contributed by atoms with Gasteiger partial charge in [-0.05, 0) is 51.4 Å². The van der Waals surface area contributed by atoms with Crippen molar-refractivity contribution >= 4 is 19.8 Å². The second kappa shape index (κ2) is 28.7. The number of rotatable bonds is 28. The Morgan fingerprint density at radius 2 is 1.22 bits per heavy atom. The molecule has 0 saturated carbocycles. The molecule has 2 unspecified atom stereocenters. The van der Waals surface area contributed by atoms with Crippen molar-refractivity contribution in [2.45, 2.75) is 97.0 Å². The minimum atomic E-state index is -4.37. The van der Waals surface area contributed by atoms with E-state index in [4.69, 9.17) is 18.5 Å². The lowest BCUT2D eigenvalue weighted by Crippen LogP contribution is -2.37. The Morgan fingerprint density at radius 1 is 0.696 bits per heavy atom. The largest absolute Gasteiger partial charge is 0.472 e. The summed E-state index contributed by atoms with van der Waals surface area (Å²) in [5, 5.41) is 0. The summed E-state index contributed by atoms with van der Waals surface area (Å²) < 4.78 is 33.6. The van der Waals surface area contributed by atoms with Gasteiger partial charge in [0.05, 0.1) is 27.7 Å². The highest BCUT2D eigenvalue weighted by Crippen LogP contribution is 2.43. The zero-order valence-electron chi connectivity index (χ0n) is 29.0. The first-order valence-electron chi connectivity index (χ1n) is 16.7. The minimum absolute atomic E-state index is 0.0140. The molecule has 0 aliphatic heterocycles. The maximum absolute atomic E-state index is 12.4. The quantitative estimate of drug-likeness (QED) is 0.0292. The van der Waals surface area contributed by atoms with Gasteiger partial charge in [0.2, 0.25) is 0 Å². The van der Waals surface area contributed by atoms with Crippen molar-refractivity contribution in [1.29, 1.82) is 0 Å². The second-order valence-corrected chi connectivity index (χ2v) is 13.3. The fraction of sp³-hybridized carbons (Fsp3) is 0.611. The van der Waals surface area contributed by atoms with E-state index >= 15 is 0 Å². The fourth-order valence-electron chi connectivity index (χ4n) is 3.62. The lowest BCUT2D eigenvalue weighted by molar-refractivity contribution is -0.870. The highest BCUT2D eigenvalue weighted by molar-refractivity contribution is 7.47. The lowest BCUT2D eigenvalue weighted by Gasteiger charge is -2.24. The topological polar surface area (TPSA) is 108 Å². The summed E-state index contributed by atoms with van der Waals surface area (Å²) in [4.78, 5) is 34.5. The first kappa shape index (κ1) is 43.5. The molecule has 2 atom stereocenters. The number of phosphoric ester groups is 1. The van der Waals surface area contributed by atoms with Gasteiger partial charge in [0.25, 0.3) is 0 Å². The second-order valence-electron chi connectivity index (χ2n) is 11.8. The number of allylic oxidation sites excluding steroid dienone is 12. The predicted octanol–water partition coefficient (Wildman–Crippen LogP) is 8.34. The van der Waals surface area contributed by atoms with Crippen LogP contribution in [0.5, 0.6) is 0 Å². The SMILES string of the molecule is CC/C=C\C/C=C\C/C=C\C/C=C\C/C=C\C/C=C\CCC(=O)OC(COC(=O)CCCCC)COP(=O)(O)OCC[N+](C)(C)C. The fourth-order valence-corrected chi connectivity index (χ4v) is 4.37. The third-order valence-corrected chi connectivity index (χ3v) is 7.25. The van der Waals surface area contributed by atoms with Crippen molar-refractivity contribution in [3.63, 3.8) is 0 Å². The standard InChI is InChI=1S/C36H60NO8P/c1-6-8-10-11-12-13-14-15-16-17-18-19-20-21-22-23-24-25-27-29-36(39)45-34(32-42-35(38)28-26-9-7-2)33-44-46(40,41)43-31-30-37(3,4)5/h8,10,12-13,15-16,18-19,21-22,24-25,34H,6-7,9,11,14,17,20,23,26-33H2,1-5H3/p+1/b10-8-,13-12-,16-15-,19-18-,22-21-,25-24-. The van der Waals surface area contributed by atoms with Gasteiger partial charge < -0.3 is 18.9 Å². The van der Waals surface area contributed by atoms with E-state index < -0.39 is 32.5 Å². The Labute approximate surface area is 278 Å². The van der Waals surface area contributed by atoms with Crippen LogP contribution in [0.2, 0.25) is 0 Å². The Kier molecular flexibility index (Phi) is 27.1. The molecule has 10 heteroatoms. The van der Waals surface area contributed by atoms with Crippen LogP contribution < -0.4 is 0 Å². The number of esters is 2. The molecule has 0 saturated heterocycles. The molecule has 0 aliphatic rings. The minimum Gasteiger partial charge on any atom is -0.462 e. The number of phosphoric acid groups is 1. The summed E-state index contributed by atoms with van der Waals surface area (Å²) in [6.45, 7) is 3.98. The van der Waals surface area contributed by atoms with Gasteiger partial charge in [0.1, 0.15) is 19.8 Å². The van der Waals surface area contributed by atoms with Crippen molar-refractivity contribution in [1.82, 2.24) is 0 Å². The molecule has 9 nitrogen and oxygen atoms in total. The van der Waals surface area contributed by atoms with Gasteiger partial charge in [-0.1, -0.05) is 99.6 Å². The van der Waals surface area contributed by atoms with E-state index in [1.165, 1.54) is 0 Å². The van der Waals surface area contributed by atoms with E-state index in [1.54, 1.807) is 0 Å². The van der Waals surface area contributed by atoms with Crippen molar-refractivity contribution in [2.75, 3.05) is 47.5 Å². The first-order chi connectivity index (χ1) is 22.0. The lowest BCUT2D eigenvalue weighted by atomic mass is 10.2. The predicted molar refractivity (Wildman–Crippen MR) is 187 cm³/mol. The molecule has 0 rings (SSSR count). The summed E-state index contributed by atoms with van der Waals surface area (Å²) in [5.41, 5.74) is 0. The van der Waals surface area contributed by atoms with E-state index in [0.29, 0.717) is 23.9 Å². The highest BCUT2D eigenvalue weighted by atomic mass is 31.2. The molecule has 0 radical (unpaired) electrons. The maximum atomic E-state index is 12.4. The smallest absolute Gasteiger partial charge is 0.462 e. The summed E-state index contributed by atoms with van der Waals surface area (Å²) in [6.07, 6.45) is 33.4. The maximum Gasteiger partial charge on any atom is 0.472 e. The molecule has 0 heterocycles. The number of carbonyl (C=O) groups excluding carboxylic acids is 2. The van der Waals surface area contributed by atoms with Crippen LogP contribution in [0.15, 0.2) is 72.9 Å². The third-order valence-electron chi connectivity index (χ3n) is 6.26. The number of quaternary nitrogens is 1. The Balaban J connectivity index is 4.46. The number of hydrogen-bond donors (Lipinski definition) is 1. The molecular formula is C36H61NO8P+. The monoisotopic (exact) mass is 666 g/mol. The van der Waals surface area contributed by atoms with Crippen LogP contribution in [0.1, 0.15) is 90.9 Å². The normalized spacial score (nSPS) is 14.8. The van der Waals surface area contributed by atoms with Gasteiger partial charge in [0.15, 0.2) is 6.10 Å². The van der Waals surface area contributed by atoms with E-state index in [-0.39, 0.29) is 26.1 Å². The van der Waals surface area contributed by atoms with Crippen molar-refractivity contribution in [2.24, 2.45) is 0 Å². The number of ether oxygens (including phenoxy) is 2. The number of unbranched alkanes of at least 4 members (excludes halogenated alkanes) is 2. The van der Waals surface area contributed by atoms with Gasteiger partial charge in [-0.2, -0.15) is 0 Å². The van der Waals surface area contributed by atoms with Gasteiger partial charge in [0, 0.05) is 12.8 Å². The summed E-state index contributed by atoms with van der Waals surface area (Å²) in [7, 11) is 1.41. The molecule has 46 heavy (non-hydrogen) atoms. The van der Waals surface area contributed by atoms with Crippen LogP contribution in [0, 0.1) is 0 Å². The van der Waals surface area contributed by atoms with Crippen molar-refractivity contribution < 1.29 is 42.1 Å². The average molecular weight is 667 g/mol. The van der Waals surface area contributed by atoms with Crippen molar-refractivity contribution in [3.05, 3.63) is 72.9 Å². The molecule has 0 aromatic heterocycles. The van der Waals surface area contributed by atoms with E-state index in [9.17, 15) is 19.0 Å². The molecule has 262 valence electrons. The number of nitrogens with zero attached hydrogens (tertiary/aromatic N) is 1. The Morgan fingerprint density at radius 3 is 1.72 bits per heavy atom. The molecule has 0 aromatic rings. The highest BCUT2D eigenvalue weighted by Gasteiger charge is 2.26. The molecule has 0 amide bonds. The molecule has 0 spiro atoms. The van der Waals surface area contributed by atoms with Gasteiger partial charge >= 0.3 is 19.8 Å². The zero-order valence-corrected chi connectivity index (χ0v) is 29.9. The first-order valence-corrected chi connectivity index (χ1v) is 18.2. The van der Waals surface area contributed by atoms with Crippen LogP contribution in [-0.4, -0.2) is 74.9 Å². The summed E-state index contributed by atoms with van der Waals surface area (Å²) in [5.74, 6) is -0.937. The van der Waals surface area contributed by atoms with Crippen LogP contribution in [0.25, 0.3) is 0 Å². The molecule has 0 aromatic carbocycles. The van der Waals surface area contributed by atoms with Crippen molar-refractivity contribution in [3.8, 4) is 0 Å². The molecule has 1 N–H and O–H groups in total. The van der Waals surface area contributed by atoms with E-state index in [2.05, 4.69) is 67.7 Å². The average Bonchev–Trinajstić information content (AvgIpc) is 2.99. The molecule has 0 aliphatic carbocycles. The van der Waals surface area contributed by atoms with Crippen LogP contribution in [-0.2, 0) is 32.7 Å². The van der Waals surface area contributed by atoms with Crippen LogP contribution in [0.3, 0.4) is 0 Å². The number of likely N-dealkylation sites (N-methyl/N-ethyl adjacent to an activating group) is 1. The molecule has 0 bridgehead atoms. The van der Waals surface area contributed by atoms with E-state index in [0.717, 1.165) is 51.4 Å².